The van der Waals surface area contributed by atoms with E-state index in [0.717, 1.165) is 32.1 Å². The number of hydrogen-bond acceptors (Lipinski definition) is 4. The number of hydrogen-bond donors (Lipinski definition) is 0. The van der Waals surface area contributed by atoms with E-state index in [0.29, 0.717) is 25.6 Å². The first-order chi connectivity index (χ1) is 15.7. The fraction of sp³-hybridized carbons (Fsp3) is 0.481. The van der Waals surface area contributed by atoms with Gasteiger partial charge in [-0.15, -0.1) is 0 Å². The molecule has 3 aliphatic heterocycles. The Balaban J connectivity index is 1.16. The van der Waals surface area contributed by atoms with E-state index in [1.54, 1.807) is 0 Å². The Morgan fingerprint density at radius 1 is 0.875 bits per heavy atom. The molecule has 1 aliphatic carbocycles. The van der Waals surface area contributed by atoms with Crippen molar-refractivity contribution in [2.45, 2.75) is 50.1 Å². The number of carbonyl (C=O) groups is 2. The number of piperidine rings is 2. The van der Waals surface area contributed by atoms with E-state index in [9.17, 15) is 9.59 Å². The van der Waals surface area contributed by atoms with E-state index in [1.807, 2.05) is 4.90 Å². The van der Waals surface area contributed by atoms with Gasteiger partial charge < -0.3 is 14.4 Å². The first kappa shape index (κ1) is 20.0. The zero-order valence-electron chi connectivity index (χ0n) is 18.2. The van der Waals surface area contributed by atoms with Crippen LogP contribution in [-0.4, -0.2) is 48.7 Å². The van der Waals surface area contributed by atoms with Crippen LogP contribution in [0.1, 0.15) is 49.1 Å². The highest BCUT2D eigenvalue weighted by atomic mass is 16.6. The molecule has 0 spiro atoms. The van der Waals surface area contributed by atoms with Crippen molar-refractivity contribution in [3.05, 3.63) is 59.7 Å². The van der Waals surface area contributed by atoms with Crippen LogP contribution >= 0.6 is 0 Å². The Bertz CT molecular complexity index is 986. The minimum absolute atomic E-state index is 0.0665. The van der Waals surface area contributed by atoms with Crippen molar-refractivity contribution < 1.29 is 19.1 Å². The number of benzene rings is 2. The lowest BCUT2D eigenvalue weighted by atomic mass is 9.74. The van der Waals surface area contributed by atoms with Gasteiger partial charge in [-0.3, -0.25) is 4.79 Å². The molecule has 2 aromatic rings. The Hall–Kier alpha value is -2.66. The van der Waals surface area contributed by atoms with Gasteiger partial charge in [-0.25, -0.2) is 4.79 Å². The van der Waals surface area contributed by atoms with E-state index < -0.39 is 0 Å². The van der Waals surface area contributed by atoms with E-state index in [2.05, 4.69) is 48.5 Å². The molecule has 2 aromatic carbocycles. The molecule has 5 heteroatoms. The molecule has 3 heterocycles. The second-order valence-corrected chi connectivity index (χ2v) is 9.75. The lowest BCUT2D eigenvalue weighted by molar-refractivity contribution is -0.144. The molecule has 3 saturated heterocycles. The summed E-state index contributed by atoms with van der Waals surface area (Å²) < 4.78 is 11.2. The van der Waals surface area contributed by atoms with Crippen molar-refractivity contribution >= 4 is 11.9 Å². The lowest BCUT2D eigenvalue weighted by Crippen LogP contribution is -2.57. The van der Waals surface area contributed by atoms with Gasteiger partial charge in [-0.05, 0) is 54.4 Å². The average molecular weight is 432 g/mol. The van der Waals surface area contributed by atoms with Crippen LogP contribution in [0.2, 0.25) is 0 Å². The molecular formula is C27H29NO4. The van der Waals surface area contributed by atoms with Gasteiger partial charge in [0, 0.05) is 23.9 Å². The van der Waals surface area contributed by atoms with Gasteiger partial charge in [0.1, 0.15) is 12.4 Å². The van der Waals surface area contributed by atoms with Crippen molar-refractivity contribution in [3.63, 3.8) is 0 Å². The minimum atomic E-state index is -0.209. The summed E-state index contributed by atoms with van der Waals surface area (Å²) in [5, 5.41) is 0. The predicted octanol–water partition coefficient (Wildman–Crippen LogP) is 4.78. The van der Waals surface area contributed by atoms with Gasteiger partial charge in [0.25, 0.3) is 0 Å². The molecule has 6 rings (SSSR count). The Morgan fingerprint density at radius 2 is 1.47 bits per heavy atom. The summed E-state index contributed by atoms with van der Waals surface area (Å²) in [6, 6.07) is 17.1. The van der Waals surface area contributed by atoms with Crippen LogP contribution < -0.4 is 0 Å². The molecule has 2 unspecified atom stereocenters. The van der Waals surface area contributed by atoms with E-state index in [1.165, 1.54) is 22.3 Å². The third-order valence-electron chi connectivity index (χ3n) is 7.96. The number of rotatable bonds is 4. The van der Waals surface area contributed by atoms with Crippen molar-refractivity contribution in [2.75, 3.05) is 19.8 Å². The van der Waals surface area contributed by atoms with Crippen LogP contribution in [0.4, 0.5) is 4.79 Å². The van der Waals surface area contributed by atoms with Crippen LogP contribution in [0.25, 0.3) is 11.1 Å². The van der Waals surface area contributed by atoms with Crippen LogP contribution in [0.5, 0.6) is 0 Å². The summed E-state index contributed by atoms with van der Waals surface area (Å²) in [5.41, 5.74) is 4.93. The van der Waals surface area contributed by atoms with Crippen LogP contribution in [0, 0.1) is 11.8 Å². The standard InChI is InChI=1S/C27H29NO4/c29-26(18-14-31-15-18)17-12-19-6-5-7-20(13-17)28(19)27(30)32-16-25-23-10-3-1-8-21(23)22-9-2-4-11-24(22)25/h1-4,8-11,17-20,25H,5-7,12-16H2. The number of ketones is 1. The number of nitrogens with zero attached hydrogens (tertiary/aromatic N) is 1. The van der Waals surface area contributed by atoms with Gasteiger partial charge >= 0.3 is 6.09 Å². The molecular weight excluding hydrogens is 402 g/mol. The van der Waals surface area contributed by atoms with Gasteiger partial charge in [-0.2, -0.15) is 0 Å². The maximum atomic E-state index is 13.3. The summed E-state index contributed by atoms with van der Waals surface area (Å²) in [7, 11) is 0. The third-order valence-corrected chi connectivity index (χ3v) is 7.96. The van der Waals surface area contributed by atoms with Gasteiger partial charge in [0.15, 0.2) is 0 Å². The molecule has 3 fully saturated rings. The lowest BCUT2D eigenvalue weighted by Gasteiger charge is -2.48. The first-order valence-corrected chi connectivity index (χ1v) is 12.0. The molecule has 4 aliphatic rings. The SMILES string of the molecule is O=C(C1COC1)C1CC2CCCC(C1)N2C(=O)OCC1c2ccccc2-c2ccccc21. The largest absolute Gasteiger partial charge is 0.448 e. The Kier molecular flexibility index (Phi) is 5.02. The monoisotopic (exact) mass is 431 g/mol. The van der Waals surface area contributed by atoms with Crippen LogP contribution in [0.15, 0.2) is 48.5 Å². The molecule has 2 atom stereocenters. The summed E-state index contributed by atoms with van der Waals surface area (Å²) in [5.74, 6) is 0.558. The number of ether oxygens (including phenoxy) is 2. The predicted molar refractivity (Wildman–Crippen MR) is 120 cm³/mol. The van der Waals surface area contributed by atoms with Crippen molar-refractivity contribution in [2.24, 2.45) is 11.8 Å². The highest BCUT2D eigenvalue weighted by Gasteiger charge is 2.45. The summed E-state index contributed by atoms with van der Waals surface area (Å²) in [6.07, 6.45) is 4.39. The van der Waals surface area contributed by atoms with E-state index >= 15 is 0 Å². The molecule has 1 amide bonds. The van der Waals surface area contributed by atoms with Crippen molar-refractivity contribution in [1.82, 2.24) is 4.90 Å². The molecule has 0 radical (unpaired) electrons. The molecule has 32 heavy (non-hydrogen) atoms. The number of carbonyl (C=O) groups excluding carboxylic acids is 2. The van der Waals surface area contributed by atoms with Gasteiger partial charge in [0.2, 0.25) is 0 Å². The molecule has 166 valence electrons. The zero-order valence-corrected chi connectivity index (χ0v) is 18.2. The maximum absolute atomic E-state index is 13.3. The minimum Gasteiger partial charge on any atom is -0.448 e. The zero-order chi connectivity index (χ0) is 21.7. The normalized spacial score (nSPS) is 26.8. The van der Waals surface area contributed by atoms with Crippen LogP contribution in [-0.2, 0) is 14.3 Å². The second kappa shape index (κ2) is 8.04. The highest BCUT2D eigenvalue weighted by Crippen LogP contribution is 2.45. The van der Waals surface area contributed by atoms with Gasteiger partial charge in [0.05, 0.1) is 19.1 Å². The van der Waals surface area contributed by atoms with Crippen LogP contribution in [0.3, 0.4) is 0 Å². The first-order valence-electron chi connectivity index (χ1n) is 12.0. The van der Waals surface area contributed by atoms with E-state index in [4.69, 9.17) is 9.47 Å². The summed E-state index contributed by atoms with van der Waals surface area (Å²) in [6.45, 7) is 1.49. The molecule has 5 nitrogen and oxygen atoms in total. The summed E-state index contributed by atoms with van der Waals surface area (Å²) >= 11 is 0. The van der Waals surface area contributed by atoms with E-state index in [-0.39, 0.29) is 35.9 Å². The smallest absolute Gasteiger partial charge is 0.410 e. The topological polar surface area (TPSA) is 55.8 Å². The number of fused-ring (bicyclic) bond motifs is 5. The van der Waals surface area contributed by atoms with Crippen molar-refractivity contribution in [1.29, 1.82) is 0 Å². The Labute approximate surface area is 188 Å². The molecule has 0 saturated carbocycles. The fourth-order valence-electron chi connectivity index (χ4n) is 6.31. The Morgan fingerprint density at radius 3 is 2.03 bits per heavy atom. The van der Waals surface area contributed by atoms with Gasteiger partial charge in [-0.1, -0.05) is 48.5 Å². The second-order valence-electron chi connectivity index (χ2n) is 9.75. The van der Waals surface area contributed by atoms with Crippen molar-refractivity contribution in [3.8, 4) is 11.1 Å². The number of amides is 1. The fourth-order valence-corrected chi connectivity index (χ4v) is 6.31. The summed E-state index contributed by atoms with van der Waals surface area (Å²) in [4.78, 5) is 28.0. The maximum Gasteiger partial charge on any atom is 0.410 e. The average Bonchev–Trinajstić information content (AvgIpc) is 3.09. The quantitative estimate of drug-likeness (QED) is 0.699. The molecule has 0 N–H and O–H groups in total. The molecule has 0 aromatic heterocycles. The highest BCUT2D eigenvalue weighted by molar-refractivity contribution is 5.85. The number of Topliss-reactive ketones (excluding diaryl/α,β-unsaturated/α-hetero) is 1. The third kappa shape index (κ3) is 3.25. The molecule has 2 bridgehead atoms.